The molecule has 0 atom stereocenters. The number of carboxylic acids is 2. The van der Waals surface area contributed by atoms with Crippen molar-refractivity contribution in [1.82, 2.24) is 0 Å². The van der Waals surface area contributed by atoms with Gasteiger partial charge in [0.1, 0.15) is 0 Å². The van der Waals surface area contributed by atoms with E-state index in [-0.39, 0.29) is 93.8 Å². The van der Waals surface area contributed by atoms with Crippen LogP contribution in [0.2, 0.25) is 0 Å². The van der Waals surface area contributed by atoms with Gasteiger partial charge in [0, 0.05) is 0 Å². The predicted molar refractivity (Wildman–Crippen MR) is 38.8 cm³/mol. The number of hydrogen-bond acceptors (Lipinski definition) is 2. The number of aliphatic carboxylic acids is 2. The molecule has 0 fully saturated rings. The van der Waals surface area contributed by atoms with E-state index in [0.717, 1.165) is 0 Å². The van der Waals surface area contributed by atoms with Crippen molar-refractivity contribution in [2.75, 3.05) is 0 Å². The Labute approximate surface area is 123 Å². The molecule has 0 amide bonds. The van der Waals surface area contributed by atoms with E-state index >= 15 is 0 Å². The average molecular weight is 182 g/mol. The molecule has 0 unspecified atom stereocenters. The second kappa shape index (κ2) is 10.6. The summed E-state index contributed by atoms with van der Waals surface area (Å²) in [6, 6.07) is 0. The van der Waals surface area contributed by atoms with Crippen molar-refractivity contribution >= 4 is 92.9 Å². The van der Waals surface area contributed by atoms with Crippen molar-refractivity contribution < 1.29 is 19.8 Å². The fourth-order valence-corrected chi connectivity index (χ4v) is 0.214. The summed E-state index contributed by atoms with van der Waals surface area (Å²) < 4.78 is 0. The standard InChI is InChI=1S/C4H6O4.K.Na.2H/c5-3(6)1-2-4(7)8;;;;/h1-2H2,(H,5,6)(H,7,8);;;;. The molecule has 0 bridgehead atoms. The van der Waals surface area contributed by atoms with Crippen LogP contribution in [0.4, 0.5) is 0 Å². The molecule has 0 aliphatic rings. The zero-order valence-corrected chi connectivity index (χ0v) is 4.13. The van der Waals surface area contributed by atoms with Gasteiger partial charge in [-0.2, -0.15) is 0 Å². The van der Waals surface area contributed by atoms with Crippen molar-refractivity contribution in [3.05, 3.63) is 0 Å². The molecule has 0 aromatic heterocycles. The summed E-state index contributed by atoms with van der Waals surface area (Å²) in [5.74, 6) is -2.15. The molecule has 0 aromatic carbocycles. The Hall–Kier alpha value is 1.58. The van der Waals surface area contributed by atoms with Crippen LogP contribution in [-0.2, 0) is 9.59 Å². The summed E-state index contributed by atoms with van der Waals surface area (Å²) in [5.41, 5.74) is 0. The normalized spacial score (nSPS) is 6.80. The predicted octanol–water partition coefficient (Wildman–Crippen LogP) is -1.36. The minimum atomic E-state index is -1.08. The van der Waals surface area contributed by atoms with E-state index in [0.29, 0.717) is 0 Å². The number of carbonyl (C=O) groups is 2. The van der Waals surface area contributed by atoms with Gasteiger partial charge in [-0.3, -0.25) is 9.59 Å². The van der Waals surface area contributed by atoms with Gasteiger partial charge in [0.2, 0.25) is 0 Å². The molecule has 0 saturated carbocycles. The summed E-state index contributed by atoms with van der Waals surface area (Å²) >= 11 is 0. The topological polar surface area (TPSA) is 74.6 Å². The Bertz CT molecular complexity index is 102. The van der Waals surface area contributed by atoms with Crippen molar-refractivity contribution in [2.24, 2.45) is 0 Å². The molecule has 0 rings (SSSR count). The minimum absolute atomic E-state index is 0. The maximum atomic E-state index is 9.64. The van der Waals surface area contributed by atoms with Gasteiger partial charge >= 0.3 is 92.9 Å². The van der Waals surface area contributed by atoms with Crippen LogP contribution in [0, 0.1) is 0 Å². The Kier molecular flexibility index (Phi) is 18.6. The van der Waals surface area contributed by atoms with E-state index in [1.54, 1.807) is 0 Å². The first-order chi connectivity index (χ1) is 3.63. The first-order valence-electron chi connectivity index (χ1n) is 2.06. The van der Waals surface area contributed by atoms with Gasteiger partial charge in [0.25, 0.3) is 0 Å². The van der Waals surface area contributed by atoms with Crippen LogP contribution in [0.3, 0.4) is 0 Å². The number of carboxylic acid groups (broad SMARTS) is 2. The van der Waals surface area contributed by atoms with Crippen LogP contribution in [0.15, 0.2) is 0 Å². The summed E-state index contributed by atoms with van der Waals surface area (Å²) in [6.07, 6.45) is -0.593. The molecule has 0 aromatic rings. The third kappa shape index (κ3) is 16.3. The zero-order chi connectivity index (χ0) is 6.57. The Morgan fingerprint density at radius 3 is 1.30 bits per heavy atom. The van der Waals surface area contributed by atoms with E-state index in [1.807, 2.05) is 0 Å². The summed E-state index contributed by atoms with van der Waals surface area (Å²) in [5, 5.41) is 15.8. The van der Waals surface area contributed by atoms with Crippen LogP contribution in [-0.4, -0.2) is 103 Å². The van der Waals surface area contributed by atoms with Crippen molar-refractivity contribution in [1.29, 1.82) is 0 Å². The molecule has 10 heavy (non-hydrogen) atoms. The van der Waals surface area contributed by atoms with Gasteiger partial charge < -0.3 is 10.2 Å². The van der Waals surface area contributed by atoms with Crippen LogP contribution in [0.5, 0.6) is 0 Å². The van der Waals surface area contributed by atoms with Gasteiger partial charge in [-0.15, -0.1) is 0 Å². The molecule has 0 heterocycles. The zero-order valence-electron chi connectivity index (χ0n) is 4.13. The molecular formula is C4H8KNaO4. The molecular weight excluding hydrogens is 174 g/mol. The first kappa shape index (κ1) is 17.6. The van der Waals surface area contributed by atoms with Gasteiger partial charge in [0.15, 0.2) is 0 Å². The van der Waals surface area contributed by atoms with Gasteiger partial charge in [-0.25, -0.2) is 0 Å². The van der Waals surface area contributed by atoms with Gasteiger partial charge in [0.05, 0.1) is 12.8 Å². The van der Waals surface area contributed by atoms with Crippen molar-refractivity contribution in [3.8, 4) is 0 Å². The van der Waals surface area contributed by atoms with E-state index in [2.05, 4.69) is 0 Å². The van der Waals surface area contributed by atoms with Crippen LogP contribution in [0.1, 0.15) is 12.8 Å². The summed E-state index contributed by atoms with van der Waals surface area (Å²) in [6.45, 7) is 0. The molecule has 4 nitrogen and oxygen atoms in total. The molecule has 0 saturated heterocycles. The molecule has 0 spiro atoms. The van der Waals surface area contributed by atoms with Crippen LogP contribution < -0.4 is 0 Å². The average Bonchev–Trinajstić information content (AvgIpc) is 1.61. The Morgan fingerprint density at radius 2 is 1.20 bits per heavy atom. The third-order valence-electron chi connectivity index (χ3n) is 0.553. The molecule has 0 aliphatic heterocycles. The fourth-order valence-electron chi connectivity index (χ4n) is 0.214. The monoisotopic (exact) mass is 182 g/mol. The quantitative estimate of drug-likeness (QED) is 0.528. The third-order valence-corrected chi connectivity index (χ3v) is 0.553. The second-order valence-electron chi connectivity index (χ2n) is 1.29. The summed E-state index contributed by atoms with van der Waals surface area (Å²) in [7, 11) is 0. The fraction of sp³-hybridized carbons (Fsp3) is 0.500. The second-order valence-corrected chi connectivity index (χ2v) is 1.29. The van der Waals surface area contributed by atoms with Gasteiger partial charge in [-0.1, -0.05) is 0 Å². The SMILES string of the molecule is O=C(O)CCC(=O)O.[KH].[NaH]. The molecule has 50 valence electrons. The van der Waals surface area contributed by atoms with Crippen molar-refractivity contribution in [2.45, 2.75) is 12.8 Å². The summed E-state index contributed by atoms with van der Waals surface area (Å²) in [4.78, 5) is 19.3. The molecule has 0 aliphatic carbocycles. The van der Waals surface area contributed by atoms with Crippen molar-refractivity contribution in [3.63, 3.8) is 0 Å². The number of hydrogen-bond donors (Lipinski definition) is 2. The Balaban J connectivity index is -0.000000245. The van der Waals surface area contributed by atoms with Gasteiger partial charge in [-0.05, 0) is 0 Å². The van der Waals surface area contributed by atoms with Crippen LogP contribution in [0.25, 0.3) is 0 Å². The molecule has 6 heteroatoms. The molecule has 0 radical (unpaired) electrons. The molecule has 2 N–H and O–H groups in total. The van der Waals surface area contributed by atoms with E-state index in [9.17, 15) is 9.59 Å². The Morgan fingerprint density at radius 1 is 1.00 bits per heavy atom. The first-order valence-corrected chi connectivity index (χ1v) is 2.06. The maximum absolute atomic E-state index is 9.64. The van der Waals surface area contributed by atoms with E-state index < -0.39 is 11.9 Å². The van der Waals surface area contributed by atoms with E-state index in [1.165, 1.54) is 0 Å². The van der Waals surface area contributed by atoms with E-state index in [4.69, 9.17) is 10.2 Å². The van der Waals surface area contributed by atoms with Crippen LogP contribution >= 0.6 is 0 Å². The number of rotatable bonds is 3.